The van der Waals surface area contributed by atoms with Crippen LogP contribution >= 0.6 is 38.6 Å². The van der Waals surface area contributed by atoms with Gasteiger partial charge in [0.05, 0.1) is 8.66 Å². The molecule has 20 heavy (non-hydrogen) atoms. The van der Waals surface area contributed by atoms with Crippen LogP contribution in [-0.2, 0) is 0 Å². The van der Waals surface area contributed by atoms with Crippen LogP contribution in [0.25, 0.3) is 26.4 Å². The summed E-state index contributed by atoms with van der Waals surface area (Å²) in [5, 5.41) is 13.6. The maximum absolute atomic E-state index is 5.22. The second-order valence-electron chi connectivity index (χ2n) is 3.98. The fourth-order valence-corrected chi connectivity index (χ4v) is 3.92. The average molecular weight is 368 g/mol. The summed E-state index contributed by atoms with van der Waals surface area (Å²) in [6.45, 7) is 1.80. The average Bonchev–Trinajstić information content (AvgIpc) is 3.11. The van der Waals surface area contributed by atoms with Gasteiger partial charge in [0.15, 0.2) is 16.7 Å². The third-order valence-corrected chi connectivity index (χ3v) is 5.16. The van der Waals surface area contributed by atoms with Gasteiger partial charge in [0.25, 0.3) is 0 Å². The van der Waals surface area contributed by atoms with E-state index >= 15 is 0 Å². The van der Waals surface area contributed by atoms with Crippen molar-refractivity contribution < 1.29 is 4.42 Å². The fraction of sp³-hybridized carbons (Fsp3) is 0.0909. The van der Waals surface area contributed by atoms with E-state index in [1.54, 1.807) is 29.0 Å². The Balaban J connectivity index is 1.86. The molecule has 0 saturated carbocycles. The number of thiophene rings is 1. The number of aryl methyl sites for hydroxylation is 1. The highest BCUT2D eigenvalue weighted by atomic mass is 79.9. The van der Waals surface area contributed by atoms with Gasteiger partial charge in [0.2, 0.25) is 4.96 Å². The Bertz CT molecular complexity index is 905. The Kier molecular flexibility index (Phi) is 2.72. The molecule has 9 heteroatoms. The van der Waals surface area contributed by atoms with Gasteiger partial charge in [-0.05, 0) is 28.1 Å². The molecule has 0 radical (unpaired) electrons. The van der Waals surface area contributed by atoms with E-state index in [0.29, 0.717) is 5.89 Å². The first kappa shape index (κ1) is 12.2. The van der Waals surface area contributed by atoms with Crippen LogP contribution in [-0.4, -0.2) is 24.8 Å². The molecule has 6 nitrogen and oxygen atoms in total. The van der Waals surface area contributed by atoms with Gasteiger partial charge in [-0.3, -0.25) is 0 Å². The van der Waals surface area contributed by atoms with E-state index in [0.717, 1.165) is 30.2 Å². The van der Waals surface area contributed by atoms with Gasteiger partial charge in [-0.2, -0.15) is 9.61 Å². The van der Waals surface area contributed by atoms with E-state index in [4.69, 9.17) is 4.42 Å². The molecule has 4 rings (SSSR count). The molecule has 0 amide bonds. The minimum absolute atomic E-state index is 0.619. The summed E-state index contributed by atoms with van der Waals surface area (Å²) >= 11 is 6.48. The summed E-state index contributed by atoms with van der Waals surface area (Å²) in [5.74, 6) is 1.35. The van der Waals surface area contributed by atoms with Crippen LogP contribution in [0.3, 0.4) is 0 Å². The predicted molar refractivity (Wildman–Crippen MR) is 79.9 cm³/mol. The standard InChI is InChI=1S/C11H6BrN5OS2/c1-5-13-6(4-18-5)10-16-17-9(14-15-11(17)20-10)7-2-3-8(12)19-7/h2-4H,1H3. The molecule has 0 aliphatic rings. The van der Waals surface area contributed by atoms with Crippen molar-refractivity contribution in [3.05, 3.63) is 28.1 Å². The van der Waals surface area contributed by atoms with E-state index in [2.05, 4.69) is 36.2 Å². The molecule has 0 unspecified atom stereocenters. The van der Waals surface area contributed by atoms with Crippen molar-refractivity contribution in [3.63, 3.8) is 0 Å². The Hall–Kier alpha value is -1.58. The van der Waals surface area contributed by atoms with Crippen LogP contribution in [0.1, 0.15) is 5.89 Å². The molecule has 0 atom stereocenters. The lowest BCUT2D eigenvalue weighted by atomic mass is 10.4. The minimum Gasteiger partial charge on any atom is -0.449 e. The molecular weight excluding hydrogens is 362 g/mol. The van der Waals surface area contributed by atoms with E-state index < -0.39 is 0 Å². The quantitative estimate of drug-likeness (QED) is 0.540. The maximum atomic E-state index is 5.22. The third-order valence-electron chi connectivity index (χ3n) is 2.62. The first-order chi connectivity index (χ1) is 9.70. The number of hydrogen-bond acceptors (Lipinski definition) is 7. The largest absolute Gasteiger partial charge is 0.449 e. The molecule has 100 valence electrons. The highest BCUT2D eigenvalue weighted by Gasteiger charge is 2.17. The molecule has 0 aliphatic heterocycles. The van der Waals surface area contributed by atoms with Crippen molar-refractivity contribution in [2.45, 2.75) is 6.92 Å². The van der Waals surface area contributed by atoms with Crippen molar-refractivity contribution in [1.29, 1.82) is 0 Å². The molecule has 0 bridgehead atoms. The predicted octanol–water partition coefficient (Wildman–Crippen LogP) is 3.64. The Morgan fingerprint density at radius 2 is 2.15 bits per heavy atom. The zero-order valence-corrected chi connectivity index (χ0v) is 13.3. The Morgan fingerprint density at radius 1 is 1.25 bits per heavy atom. The lowest BCUT2D eigenvalue weighted by molar-refractivity contribution is 0.521. The molecule has 4 aromatic rings. The van der Waals surface area contributed by atoms with E-state index in [1.807, 2.05) is 12.1 Å². The van der Waals surface area contributed by atoms with Gasteiger partial charge in [-0.25, -0.2) is 4.98 Å². The lowest BCUT2D eigenvalue weighted by Crippen LogP contribution is -1.89. The SMILES string of the molecule is Cc1nc(-c2nn3c(-c4ccc(Br)s4)nnc3s2)co1. The molecule has 0 aromatic carbocycles. The molecule has 0 spiro atoms. The number of nitrogens with zero attached hydrogens (tertiary/aromatic N) is 5. The zero-order valence-electron chi connectivity index (χ0n) is 10.1. The third kappa shape index (κ3) is 1.89. The highest BCUT2D eigenvalue weighted by Crippen LogP contribution is 2.32. The molecule has 0 aliphatic carbocycles. The molecule has 0 N–H and O–H groups in total. The van der Waals surface area contributed by atoms with Crippen molar-refractivity contribution >= 4 is 43.6 Å². The molecule has 4 aromatic heterocycles. The number of fused-ring (bicyclic) bond motifs is 1. The highest BCUT2D eigenvalue weighted by molar-refractivity contribution is 9.11. The second-order valence-corrected chi connectivity index (χ2v) is 7.40. The summed E-state index contributed by atoms with van der Waals surface area (Å²) in [5.41, 5.74) is 0.719. The van der Waals surface area contributed by atoms with Crippen molar-refractivity contribution in [2.75, 3.05) is 0 Å². The molecular formula is C11H6BrN5OS2. The summed E-state index contributed by atoms with van der Waals surface area (Å²) in [4.78, 5) is 6.03. The van der Waals surface area contributed by atoms with E-state index in [9.17, 15) is 0 Å². The summed E-state index contributed by atoms with van der Waals surface area (Å²) in [7, 11) is 0. The first-order valence-electron chi connectivity index (χ1n) is 5.61. The molecule has 0 saturated heterocycles. The summed E-state index contributed by atoms with van der Waals surface area (Å²) in [6, 6.07) is 3.97. The Labute approximate surface area is 129 Å². The number of aromatic nitrogens is 5. The van der Waals surface area contributed by atoms with Crippen molar-refractivity contribution in [1.82, 2.24) is 24.8 Å². The van der Waals surface area contributed by atoms with Gasteiger partial charge in [-0.1, -0.05) is 11.3 Å². The van der Waals surface area contributed by atoms with Gasteiger partial charge in [0, 0.05) is 6.92 Å². The van der Waals surface area contributed by atoms with Crippen LogP contribution in [0.2, 0.25) is 0 Å². The number of hydrogen-bond donors (Lipinski definition) is 0. The smallest absolute Gasteiger partial charge is 0.235 e. The summed E-state index contributed by atoms with van der Waals surface area (Å²) in [6.07, 6.45) is 1.60. The monoisotopic (exact) mass is 367 g/mol. The number of halogens is 1. The van der Waals surface area contributed by atoms with E-state index in [1.165, 1.54) is 11.3 Å². The maximum Gasteiger partial charge on any atom is 0.235 e. The Morgan fingerprint density at radius 3 is 2.85 bits per heavy atom. The topological polar surface area (TPSA) is 69.1 Å². The van der Waals surface area contributed by atoms with Crippen molar-refractivity contribution in [3.8, 4) is 21.4 Å². The van der Waals surface area contributed by atoms with Gasteiger partial charge in [0.1, 0.15) is 12.0 Å². The zero-order chi connectivity index (χ0) is 13.7. The van der Waals surface area contributed by atoms with Crippen molar-refractivity contribution in [2.24, 2.45) is 0 Å². The summed E-state index contributed by atoms with van der Waals surface area (Å²) < 4.78 is 8.00. The minimum atomic E-state index is 0.619. The van der Waals surface area contributed by atoms with Crippen LogP contribution in [0.5, 0.6) is 0 Å². The second kappa shape index (κ2) is 4.47. The first-order valence-corrected chi connectivity index (χ1v) is 8.04. The van der Waals surface area contributed by atoms with Crippen LogP contribution < -0.4 is 0 Å². The molecule has 4 heterocycles. The van der Waals surface area contributed by atoms with Gasteiger partial charge in [-0.15, -0.1) is 21.5 Å². The van der Waals surface area contributed by atoms with Crippen LogP contribution in [0.15, 0.2) is 26.6 Å². The lowest BCUT2D eigenvalue weighted by Gasteiger charge is -1.90. The number of oxazole rings is 1. The van der Waals surface area contributed by atoms with Gasteiger partial charge < -0.3 is 4.42 Å². The van der Waals surface area contributed by atoms with Gasteiger partial charge >= 0.3 is 0 Å². The molecule has 0 fully saturated rings. The number of rotatable bonds is 2. The normalized spacial score (nSPS) is 11.5. The van der Waals surface area contributed by atoms with Crippen LogP contribution in [0, 0.1) is 6.92 Å². The van der Waals surface area contributed by atoms with Crippen LogP contribution in [0.4, 0.5) is 0 Å². The fourth-order valence-electron chi connectivity index (χ4n) is 1.77. The van der Waals surface area contributed by atoms with E-state index in [-0.39, 0.29) is 0 Å².